The zero-order valence-corrected chi connectivity index (χ0v) is 18.0. The molecule has 33 heavy (non-hydrogen) atoms. The Balaban J connectivity index is 1.75. The van der Waals surface area contributed by atoms with Gasteiger partial charge in [-0.1, -0.05) is 39.0 Å². The second-order valence-electron chi connectivity index (χ2n) is 8.62. The van der Waals surface area contributed by atoms with Gasteiger partial charge in [0.25, 0.3) is 0 Å². The number of nitrogens with one attached hydrogen (secondary N) is 1. The number of imidazole rings is 1. The Bertz CT molecular complexity index is 1350. The van der Waals surface area contributed by atoms with Crippen LogP contribution < -0.4 is 5.32 Å². The normalized spacial score (nSPS) is 12.2. The highest BCUT2D eigenvalue weighted by atomic mass is 19.4. The van der Waals surface area contributed by atoms with Gasteiger partial charge in [-0.25, -0.2) is 13.9 Å². The number of amides is 1. The second kappa shape index (κ2) is 7.99. The van der Waals surface area contributed by atoms with Crippen LogP contribution in [0.3, 0.4) is 0 Å². The van der Waals surface area contributed by atoms with Crippen molar-refractivity contribution in [3.8, 4) is 22.5 Å². The Labute approximate surface area is 187 Å². The molecule has 0 atom stereocenters. The van der Waals surface area contributed by atoms with Crippen molar-refractivity contribution in [2.75, 3.05) is 5.32 Å². The first-order chi connectivity index (χ1) is 15.4. The summed E-state index contributed by atoms with van der Waals surface area (Å²) in [5.41, 5.74) is 0.142. The Hall–Kier alpha value is -3.75. The number of hydrogen-bond acceptors (Lipinski definition) is 3. The fraction of sp³-hybridized carbons (Fsp3) is 0.208. The van der Waals surface area contributed by atoms with E-state index in [-0.39, 0.29) is 5.69 Å². The van der Waals surface area contributed by atoms with E-state index in [0.29, 0.717) is 28.2 Å². The summed E-state index contributed by atoms with van der Waals surface area (Å²) < 4.78 is 55.6. The number of hydrogen-bond donors (Lipinski definition) is 1. The van der Waals surface area contributed by atoms with Gasteiger partial charge in [0.15, 0.2) is 5.65 Å². The lowest BCUT2D eigenvalue weighted by Gasteiger charge is -2.20. The fourth-order valence-electron chi connectivity index (χ4n) is 3.19. The van der Waals surface area contributed by atoms with E-state index >= 15 is 0 Å². The van der Waals surface area contributed by atoms with Crippen molar-refractivity contribution in [1.29, 1.82) is 0 Å². The first-order valence-corrected chi connectivity index (χ1v) is 10.1. The van der Waals surface area contributed by atoms with Crippen LogP contribution in [0.4, 0.5) is 23.2 Å². The summed E-state index contributed by atoms with van der Waals surface area (Å²) in [4.78, 5) is 16.8. The minimum Gasteiger partial charge on any atom is -0.325 e. The number of carbonyl (C=O) groups excluding carboxylic acids is 1. The fourth-order valence-corrected chi connectivity index (χ4v) is 3.19. The first-order valence-electron chi connectivity index (χ1n) is 10.1. The van der Waals surface area contributed by atoms with Crippen molar-refractivity contribution in [2.24, 2.45) is 5.41 Å². The van der Waals surface area contributed by atoms with Gasteiger partial charge in [0.1, 0.15) is 5.82 Å². The number of carbonyl (C=O) groups is 1. The largest absolute Gasteiger partial charge is 0.418 e. The highest BCUT2D eigenvalue weighted by Gasteiger charge is 2.35. The van der Waals surface area contributed by atoms with Gasteiger partial charge in [0, 0.05) is 16.5 Å². The molecular formula is C24H20F4N4O. The predicted molar refractivity (Wildman–Crippen MR) is 117 cm³/mol. The van der Waals surface area contributed by atoms with Crippen LogP contribution in [0.1, 0.15) is 26.3 Å². The summed E-state index contributed by atoms with van der Waals surface area (Å²) in [6, 6.07) is 12.8. The van der Waals surface area contributed by atoms with Crippen LogP contribution in [0.2, 0.25) is 0 Å². The number of alkyl halides is 3. The SMILES string of the molecule is CC(C)(C)C(=O)Nc1cc(-c2cn3nc(-c4cccc(F)c4)ccc3n2)ccc1C(F)(F)F. The summed E-state index contributed by atoms with van der Waals surface area (Å²) in [7, 11) is 0. The number of nitrogens with zero attached hydrogens (tertiary/aromatic N) is 3. The van der Waals surface area contributed by atoms with E-state index < -0.39 is 28.9 Å². The van der Waals surface area contributed by atoms with Gasteiger partial charge in [-0.15, -0.1) is 0 Å². The molecule has 0 bridgehead atoms. The molecule has 0 aliphatic rings. The molecule has 0 radical (unpaired) electrons. The molecule has 0 aliphatic carbocycles. The van der Waals surface area contributed by atoms with Gasteiger partial charge in [-0.05, 0) is 36.4 Å². The molecule has 2 aromatic carbocycles. The quantitative estimate of drug-likeness (QED) is 0.373. The highest BCUT2D eigenvalue weighted by molar-refractivity contribution is 5.96. The number of rotatable bonds is 3. The smallest absolute Gasteiger partial charge is 0.325 e. The lowest BCUT2D eigenvalue weighted by atomic mass is 9.95. The minimum absolute atomic E-state index is 0.342. The van der Waals surface area contributed by atoms with Crippen LogP contribution in [-0.2, 0) is 11.0 Å². The third-order valence-electron chi connectivity index (χ3n) is 4.99. The van der Waals surface area contributed by atoms with Gasteiger partial charge < -0.3 is 5.32 Å². The highest BCUT2D eigenvalue weighted by Crippen LogP contribution is 2.37. The zero-order chi connectivity index (χ0) is 24.0. The average molecular weight is 456 g/mol. The molecule has 0 saturated heterocycles. The second-order valence-corrected chi connectivity index (χ2v) is 8.62. The number of aromatic nitrogens is 3. The summed E-state index contributed by atoms with van der Waals surface area (Å²) in [5, 5.41) is 6.82. The van der Waals surface area contributed by atoms with E-state index in [1.807, 2.05) is 0 Å². The van der Waals surface area contributed by atoms with Crippen LogP contribution in [0, 0.1) is 11.2 Å². The van der Waals surface area contributed by atoms with Gasteiger partial charge in [-0.2, -0.15) is 18.3 Å². The molecule has 5 nitrogen and oxygen atoms in total. The number of halogens is 4. The van der Waals surface area contributed by atoms with Crippen molar-refractivity contribution in [2.45, 2.75) is 26.9 Å². The van der Waals surface area contributed by atoms with E-state index in [1.54, 1.807) is 51.2 Å². The van der Waals surface area contributed by atoms with Gasteiger partial charge >= 0.3 is 6.18 Å². The molecule has 4 aromatic rings. The summed E-state index contributed by atoms with van der Waals surface area (Å²) in [6.45, 7) is 4.84. The molecular weight excluding hydrogens is 436 g/mol. The molecule has 1 amide bonds. The number of fused-ring (bicyclic) bond motifs is 1. The summed E-state index contributed by atoms with van der Waals surface area (Å²) >= 11 is 0. The monoisotopic (exact) mass is 456 g/mol. The summed E-state index contributed by atoms with van der Waals surface area (Å²) in [6.07, 6.45) is -3.07. The van der Waals surface area contributed by atoms with Crippen LogP contribution in [0.15, 0.2) is 60.8 Å². The lowest BCUT2D eigenvalue weighted by molar-refractivity contribution is -0.137. The predicted octanol–water partition coefficient (Wildman–Crippen LogP) is 6.21. The average Bonchev–Trinajstić information content (AvgIpc) is 3.15. The van der Waals surface area contributed by atoms with Gasteiger partial charge in [-0.3, -0.25) is 4.79 Å². The number of benzene rings is 2. The molecule has 0 fully saturated rings. The van der Waals surface area contributed by atoms with Crippen LogP contribution in [0.25, 0.3) is 28.2 Å². The number of anilines is 1. The maximum atomic E-state index is 13.6. The molecule has 170 valence electrons. The zero-order valence-electron chi connectivity index (χ0n) is 18.0. The maximum Gasteiger partial charge on any atom is 0.418 e. The third kappa shape index (κ3) is 4.72. The summed E-state index contributed by atoms with van der Waals surface area (Å²) in [5.74, 6) is -0.933. The van der Waals surface area contributed by atoms with Crippen molar-refractivity contribution in [3.63, 3.8) is 0 Å². The van der Waals surface area contributed by atoms with Crippen LogP contribution in [-0.4, -0.2) is 20.5 Å². The maximum absolute atomic E-state index is 13.6. The Kier molecular flexibility index (Phi) is 5.43. The van der Waals surface area contributed by atoms with Crippen molar-refractivity contribution in [1.82, 2.24) is 14.6 Å². The molecule has 2 aromatic heterocycles. The van der Waals surface area contributed by atoms with E-state index in [9.17, 15) is 22.4 Å². The topological polar surface area (TPSA) is 59.3 Å². The van der Waals surface area contributed by atoms with Crippen molar-refractivity contribution < 1.29 is 22.4 Å². The van der Waals surface area contributed by atoms with Crippen LogP contribution >= 0.6 is 0 Å². The van der Waals surface area contributed by atoms with Crippen LogP contribution in [0.5, 0.6) is 0 Å². The lowest BCUT2D eigenvalue weighted by Crippen LogP contribution is -2.28. The van der Waals surface area contributed by atoms with E-state index in [2.05, 4.69) is 15.4 Å². The molecule has 4 rings (SSSR count). The van der Waals surface area contributed by atoms with Gasteiger partial charge in [0.05, 0.1) is 28.8 Å². The van der Waals surface area contributed by atoms with E-state index in [0.717, 1.165) is 6.07 Å². The molecule has 0 saturated carbocycles. The molecule has 1 N–H and O–H groups in total. The van der Waals surface area contributed by atoms with Crippen molar-refractivity contribution in [3.05, 3.63) is 72.2 Å². The molecule has 0 aliphatic heterocycles. The third-order valence-corrected chi connectivity index (χ3v) is 4.99. The minimum atomic E-state index is -4.64. The molecule has 0 unspecified atom stereocenters. The van der Waals surface area contributed by atoms with Gasteiger partial charge in [0.2, 0.25) is 5.91 Å². The molecule has 9 heteroatoms. The van der Waals surface area contributed by atoms with Crippen molar-refractivity contribution >= 4 is 17.2 Å². The van der Waals surface area contributed by atoms with E-state index in [1.165, 1.54) is 28.8 Å². The Morgan fingerprint density at radius 1 is 0.939 bits per heavy atom. The first kappa shape index (κ1) is 22.4. The Morgan fingerprint density at radius 3 is 2.33 bits per heavy atom. The molecule has 0 spiro atoms. The molecule has 2 heterocycles. The standard InChI is InChI=1S/C24H20F4N4O/c1-23(2,3)22(33)30-19-12-15(7-8-17(19)24(26,27)28)20-13-32-21(29-20)10-9-18(31-32)14-5-4-6-16(25)11-14/h4-13H,1-3H3,(H,30,33). The van der Waals surface area contributed by atoms with E-state index in [4.69, 9.17) is 0 Å². The Morgan fingerprint density at radius 2 is 1.67 bits per heavy atom.